The van der Waals surface area contributed by atoms with Gasteiger partial charge in [0.1, 0.15) is 6.23 Å². The van der Waals surface area contributed by atoms with E-state index in [1.807, 2.05) is 6.92 Å². The lowest BCUT2D eigenvalue weighted by Crippen LogP contribution is -2.32. The van der Waals surface area contributed by atoms with Crippen LogP contribution >= 0.6 is 0 Å². The highest BCUT2D eigenvalue weighted by Crippen LogP contribution is 1.85. The van der Waals surface area contributed by atoms with E-state index in [1.165, 1.54) is 6.08 Å². The number of allylic oxidation sites excluding steroid dienone is 1. The van der Waals surface area contributed by atoms with E-state index in [-0.39, 0.29) is 12.3 Å². The number of rotatable bonds is 4. The number of hydrogen-bond acceptors (Lipinski definition) is 2. The molecule has 0 aromatic heterocycles. The Morgan fingerprint density at radius 3 is 2.91 bits per heavy atom. The minimum Gasteiger partial charge on any atom is -0.374 e. The Kier molecular flexibility index (Phi) is 5.47. The Hall–Kier alpha value is -0.830. The van der Waals surface area contributed by atoms with E-state index in [9.17, 15) is 4.79 Å². The van der Waals surface area contributed by atoms with Crippen molar-refractivity contribution in [2.75, 3.05) is 0 Å². The molecule has 0 aliphatic rings. The molecule has 1 unspecified atom stereocenters. The summed E-state index contributed by atoms with van der Waals surface area (Å²) in [4.78, 5) is 10.8. The third-order valence-corrected chi connectivity index (χ3v) is 1.09. The minimum atomic E-state index is -0.830. The minimum absolute atomic E-state index is 0.275. The molecule has 1 atom stereocenters. The largest absolute Gasteiger partial charge is 0.374 e. The second-order valence-electron chi connectivity index (χ2n) is 2.12. The van der Waals surface area contributed by atoms with E-state index in [2.05, 4.69) is 12.2 Å². The highest BCUT2D eigenvalue weighted by Gasteiger charge is 2.01. The molecule has 0 aliphatic heterocycles. The van der Waals surface area contributed by atoms with Gasteiger partial charge in [-0.25, -0.2) is 0 Å². The molecule has 0 saturated carbocycles. The summed E-state index contributed by atoms with van der Waals surface area (Å²) in [6.45, 7) is 5.36. The van der Waals surface area contributed by atoms with Crippen LogP contribution in [0.4, 0.5) is 0 Å². The third-order valence-electron chi connectivity index (χ3n) is 1.09. The Labute approximate surface area is 67.1 Å². The predicted octanol–water partition coefficient (Wildman–Crippen LogP) is 0.611. The first-order valence-electron chi connectivity index (χ1n) is 3.65. The van der Waals surface area contributed by atoms with Crippen molar-refractivity contribution in [2.45, 2.75) is 26.0 Å². The molecule has 1 amide bonds. The van der Waals surface area contributed by atoms with Gasteiger partial charge in [-0.05, 0) is 25.8 Å². The van der Waals surface area contributed by atoms with Crippen LogP contribution in [0, 0.1) is 6.92 Å². The lowest BCUT2D eigenvalue weighted by atomic mass is 10.3. The molecule has 3 nitrogen and oxygen atoms in total. The van der Waals surface area contributed by atoms with Crippen molar-refractivity contribution in [3.63, 3.8) is 0 Å². The topological polar surface area (TPSA) is 49.3 Å². The van der Waals surface area contributed by atoms with Crippen LogP contribution < -0.4 is 5.32 Å². The van der Waals surface area contributed by atoms with Crippen LogP contribution in [0.25, 0.3) is 0 Å². The molecule has 0 aromatic carbocycles. The number of nitrogens with one attached hydrogen (secondary N) is 1. The van der Waals surface area contributed by atoms with Gasteiger partial charge in [0.15, 0.2) is 0 Å². The zero-order valence-electron chi connectivity index (χ0n) is 6.71. The van der Waals surface area contributed by atoms with Crippen LogP contribution in [0.15, 0.2) is 12.2 Å². The van der Waals surface area contributed by atoms with Crippen LogP contribution in [0.2, 0.25) is 0 Å². The maximum atomic E-state index is 10.8. The number of aliphatic hydroxyl groups excluding tert-OH is 1. The van der Waals surface area contributed by atoms with Crippen molar-refractivity contribution in [1.29, 1.82) is 0 Å². The molecule has 11 heavy (non-hydrogen) atoms. The van der Waals surface area contributed by atoms with Gasteiger partial charge in [-0.2, -0.15) is 0 Å². The molecule has 0 saturated heterocycles. The molecule has 0 bridgehead atoms. The smallest absolute Gasteiger partial charge is 0.245 e. The van der Waals surface area contributed by atoms with Crippen molar-refractivity contribution in [3.05, 3.63) is 19.1 Å². The summed E-state index contributed by atoms with van der Waals surface area (Å²) < 4.78 is 0. The number of carbonyl (C=O) groups is 1. The maximum absolute atomic E-state index is 10.8. The van der Waals surface area contributed by atoms with Crippen LogP contribution in [0.3, 0.4) is 0 Å². The van der Waals surface area contributed by atoms with Gasteiger partial charge in [-0.15, -0.1) is 0 Å². The zero-order valence-corrected chi connectivity index (χ0v) is 6.71. The van der Waals surface area contributed by atoms with Crippen molar-refractivity contribution in [2.24, 2.45) is 0 Å². The van der Waals surface area contributed by atoms with Crippen LogP contribution in [-0.4, -0.2) is 17.2 Å². The maximum Gasteiger partial charge on any atom is 0.245 e. The Morgan fingerprint density at radius 2 is 2.45 bits per heavy atom. The Morgan fingerprint density at radius 1 is 1.82 bits per heavy atom. The summed E-state index contributed by atoms with van der Waals surface area (Å²) in [7, 11) is 0. The molecule has 0 fully saturated rings. The molecular formula is C8H14NO2. The number of amides is 1. The van der Waals surface area contributed by atoms with Crippen molar-refractivity contribution < 1.29 is 9.90 Å². The molecule has 1 radical (unpaired) electrons. The number of hydrogen-bond donors (Lipinski definition) is 2. The monoisotopic (exact) mass is 156 g/mol. The summed E-state index contributed by atoms with van der Waals surface area (Å²) in [6.07, 6.45) is 3.40. The van der Waals surface area contributed by atoms with Gasteiger partial charge in [-0.1, -0.05) is 13.0 Å². The van der Waals surface area contributed by atoms with Gasteiger partial charge in [0.25, 0.3) is 0 Å². The second kappa shape index (κ2) is 5.92. The molecular weight excluding hydrogens is 142 g/mol. The lowest BCUT2D eigenvalue weighted by Gasteiger charge is -2.06. The fraction of sp³-hybridized carbons (Fsp3) is 0.500. The van der Waals surface area contributed by atoms with E-state index in [1.54, 1.807) is 6.08 Å². The van der Waals surface area contributed by atoms with Crippen molar-refractivity contribution >= 4 is 5.91 Å². The van der Waals surface area contributed by atoms with Gasteiger partial charge in [-0.3, -0.25) is 4.79 Å². The first-order valence-corrected chi connectivity index (χ1v) is 3.65. The van der Waals surface area contributed by atoms with Gasteiger partial charge in [0.2, 0.25) is 5.91 Å². The molecule has 0 rings (SSSR count). The molecule has 0 aromatic rings. The third kappa shape index (κ3) is 5.61. The van der Waals surface area contributed by atoms with Crippen LogP contribution in [0.5, 0.6) is 0 Å². The SMILES string of the molecule is [CH2]CC(O)NC(=O)C=CCC. The average Bonchev–Trinajstić information content (AvgIpc) is 2.00. The number of carbonyl (C=O) groups excluding carboxylic acids is 1. The molecule has 0 aliphatic carbocycles. The molecule has 0 heterocycles. The summed E-state index contributed by atoms with van der Waals surface area (Å²) in [5, 5.41) is 11.2. The van der Waals surface area contributed by atoms with E-state index >= 15 is 0 Å². The molecule has 63 valence electrons. The first kappa shape index (κ1) is 10.2. The summed E-state index contributed by atoms with van der Waals surface area (Å²) in [5.41, 5.74) is 0. The fourth-order valence-corrected chi connectivity index (χ4v) is 0.509. The van der Waals surface area contributed by atoms with Gasteiger partial charge >= 0.3 is 0 Å². The Balaban J connectivity index is 3.60. The van der Waals surface area contributed by atoms with Crippen molar-refractivity contribution in [1.82, 2.24) is 5.32 Å². The molecule has 2 N–H and O–H groups in total. The highest BCUT2D eigenvalue weighted by atomic mass is 16.3. The van der Waals surface area contributed by atoms with Gasteiger partial charge < -0.3 is 10.4 Å². The molecule has 3 heteroatoms. The van der Waals surface area contributed by atoms with Crippen LogP contribution in [-0.2, 0) is 4.79 Å². The van der Waals surface area contributed by atoms with Crippen molar-refractivity contribution in [3.8, 4) is 0 Å². The van der Waals surface area contributed by atoms with Crippen LogP contribution in [0.1, 0.15) is 19.8 Å². The highest BCUT2D eigenvalue weighted by molar-refractivity contribution is 5.87. The van der Waals surface area contributed by atoms with E-state index in [0.717, 1.165) is 6.42 Å². The first-order chi connectivity index (χ1) is 5.20. The van der Waals surface area contributed by atoms with E-state index in [0.29, 0.717) is 0 Å². The normalized spacial score (nSPS) is 13.4. The average molecular weight is 156 g/mol. The number of aliphatic hydroxyl groups is 1. The van der Waals surface area contributed by atoms with Gasteiger partial charge in [0.05, 0.1) is 0 Å². The predicted molar refractivity (Wildman–Crippen MR) is 43.6 cm³/mol. The summed E-state index contributed by atoms with van der Waals surface area (Å²) in [5.74, 6) is -0.275. The van der Waals surface area contributed by atoms with E-state index in [4.69, 9.17) is 5.11 Å². The summed E-state index contributed by atoms with van der Waals surface area (Å²) in [6, 6.07) is 0. The Bertz CT molecular complexity index is 143. The lowest BCUT2D eigenvalue weighted by molar-refractivity contribution is -0.119. The summed E-state index contributed by atoms with van der Waals surface area (Å²) >= 11 is 0. The van der Waals surface area contributed by atoms with Gasteiger partial charge in [0, 0.05) is 0 Å². The van der Waals surface area contributed by atoms with E-state index < -0.39 is 6.23 Å². The zero-order chi connectivity index (χ0) is 8.69. The quantitative estimate of drug-likeness (QED) is 0.463. The standard InChI is InChI=1S/C8H14NO2/c1-3-5-6-8(11)9-7(10)4-2/h5-7,10H,2-4H2,1H3,(H,9,11). The fourth-order valence-electron chi connectivity index (χ4n) is 0.509. The molecule has 0 spiro atoms. The second-order valence-corrected chi connectivity index (χ2v) is 2.12.